The van der Waals surface area contributed by atoms with E-state index in [1.54, 1.807) is 0 Å². The molecule has 11 rings (SSSR count). The lowest BCUT2D eigenvalue weighted by Crippen LogP contribution is -1.88. The van der Waals surface area contributed by atoms with Gasteiger partial charge in [-0.1, -0.05) is 152 Å². The average molecular weight is 621 g/mol. The van der Waals surface area contributed by atoms with Crippen LogP contribution in [-0.2, 0) is 0 Å². The van der Waals surface area contributed by atoms with Gasteiger partial charge in [-0.25, -0.2) is 0 Å². The first-order valence-corrected chi connectivity index (χ1v) is 16.9. The highest BCUT2D eigenvalue weighted by molar-refractivity contribution is 6.26. The Bertz CT molecular complexity index is 3070. The second kappa shape index (κ2) is 10.0. The lowest BCUT2D eigenvalue weighted by molar-refractivity contribution is 0.674. The summed E-state index contributed by atoms with van der Waals surface area (Å²) in [5.41, 5.74) is 8.95. The number of benzene rings is 10. The van der Waals surface area contributed by atoms with Gasteiger partial charge in [0, 0.05) is 21.7 Å². The molecule has 0 fully saturated rings. The standard InChI is InChI=1S/C48H28O/c1-2-8-36-28-37(19-12-29(36)6-1)41-27-26-39(46-43-25-20-30-7-3-4-11-40(30)47(43)49-48(41)46)32-15-13-31(14-16-32)38-23-21-35-18-17-33-9-5-10-34-22-24-42(38)45(35)44(33)34/h1-28H. The van der Waals surface area contributed by atoms with Gasteiger partial charge in [0.2, 0.25) is 0 Å². The molecule has 0 aliphatic carbocycles. The van der Waals surface area contributed by atoms with Gasteiger partial charge in [0.05, 0.1) is 0 Å². The molecule has 0 aliphatic heterocycles. The maximum atomic E-state index is 6.92. The smallest absolute Gasteiger partial charge is 0.143 e. The maximum absolute atomic E-state index is 6.92. The summed E-state index contributed by atoms with van der Waals surface area (Å²) in [6.07, 6.45) is 0. The number of rotatable bonds is 3. The molecule has 11 aromatic rings. The number of fused-ring (bicyclic) bond motifs is 6. The second-order valence-corrected chi connectivity index (χ2v) is 13.2. The van der Waals surface area contributed by atoms with Crippen LogP contribution >= 0.6 is 0 Å². The zero-order chi connectivity index (χ0) is 32.1. The van der Waals surface area contributed by atoms with Crippen LogP contribution in [0.3, 0.4) is 0 Å². The first-order chi connectivity index (χ1) is 24.3. The summed E-state index contributed by atoms with van der Waals surface area (Å²) in [6.45, 7) is 0. The molecule has 1 heteroatoms. The molecule has 49 heavy (non-hydrogen) atoms. The quantitative estimate of drug-likeness (QED) is 0.179. The Morgan fingerprint density at radius 1 is 0.265 bits per heavy atom. The summed E-state index contributed by atoms with van der Waals surface area (Å²) in [4.78, 5) is 0. The summed E-state index contributed by atoms with van der Waals surface area (Å²) in [7, 11) is 0. The first kappa shape index (κ1) is 26.6. The Morgan fingerprint density at radius 2 is 0.816 bits per heavy atom. The van der Waals surface area contributed by atoms with Crippen LogP contribution in [0, 0.1) is 0 Å². The molecule has 0 unspecified atom stereocenters. The number of hydrogen-bond donors (Lipinski definition) is 0. The van der Waals surface area contributed by atoms with Crippen LogP contribution in [0.1, 0.15) is 0 Å². The lowest BCUT2D eigenvalue weighted by Gasteiger charge is -2.14. The van der Waals surface area contributed by atoms with Crippen LogP contribution in [-0.4, -0.2) is 0 Å². The minimum atomic E-state index is 0.926. The average Bonchev–Trinajstić information content (AvgIpc) is 3.57. The van der Waals surface area contributed by atoms with E-state index >= 15 is 0 Å². The third-order valence-electron chi connectivity index (χ3n) is 10.6. The van der Waals surface area contributed by atoms with Gasteiger partial charge >= 0.3 is 0 Å². The van der Waals surface area contributed by atoms with Gasteiger partial charge in [0.1, 0.15) is 11.2 Å². The Kier molecular flexibility index (Phi) is 5.45. The third-order valence-corrected chi connectivity index (χ3v) is 10.6. The first-order valence-electron chi connectivity index (χ1n) is 16.9. The predicted molar refractivity (Wildman–Crippen MR) is 209 cm³/mol. The van der Waals surface area contributed by atoms with E-state index in [-0.39, 0.29) is 0 Å². The minimum Gasteiger partial charge on any atom is -0.455 e. The number of furan rings is 1. The van der Waals surface area contributed by atoms with Crippen molar-refractivity contribution in [3.63, 3.8) is 0 Å². The molecular formula is C48H28O. The highest BCUT2D eigenvalue weighted by Crippen LogP contribution is 2.45. The summed E-state index contributed by atoms with van der Waals surface area (Å²) < 4.78 is 6.92. The van der Waals surface area contributed by atoms with E-state index in [1.165, 1.54) is 70.7 Å². The Morgan fingerprint density at radius 3 is 1.65 bits per heavy atom. The number of hydrogen-bond acceptors (Lipinski definition) is 1. The molecule has 0 amide bonds. The molecule has 0 atom stereocenters. The van der Waals surface area contributed by atoms with Crippen molar-refractivity contribution in [2.24, 2.45) is 0 Å². The SMILES string of the molecule is c1ccc2cc(-c3ccc(-c4ccc(-c5ccc6ccc7cccc8ccc5c6c78)cc4)c4c3oc3c5ccccc5ccc34)ccc2c1. The van der Waals surface area contributed by atoms with Gasteiger partial charge in [0.15, 0.2) is 0 Å². The van der Waals surface area contributed by atoms with E-state index in [0.29, 0.717) is 0 Å². The van der Waals surface area contributed by atoms with Crippen molar-refractivity contribution in [2.75, 3.05) is 0 Å². The molecule has 1 heterocycles. The molecule has 1 aromatic heterocycles. The van der Waals surface area contributed by atoms with Gasteiger partial charge in [-0.15, -0.1) is 0 Å². The summed E-state index contributed by atoms with van der Waals surface area (Å²) in [5.74, 6) is 0. The molecule has 0 aliphatic rings. The Balaban J connectivity index is 1.11. The monoisotopic (exact) mass is 620 g/mol. The van der Waals surface area contributed by atoms with E-state index in [1.807, 2.05) is 0 Å². The summed E-state index contributed by atoms with van der Waals surface area (Å²) >= 11 is 0. The van der Waals surface area contributed by atoms with Crippen molar-refractivity contribution in [1.29, 1.82) is 0 Å². The van der Waals surface area contributed by atoms with E-state index in [0.717, 1.165) is 38.5 Å². The van der Waals surface area contributed by atoms with Crippen LogP contribution < -0.4 is 0 Å². The van der Waals surface area contributed by atoms with Crippen molar-refractivity contribution in [3.05, 3.63) is 170 Å². The molecule has 10 aromatic carbocycles. The highest BCUT2D eigenvalue weighted by atomic mass is 16.3. The van der Waals surface area contributed by atoms with Crippen LogP contribution in [0.15, 0.2) is 174 Å². The van der Waals surface area contributed by atoms with Crippen molar-refractivity contribution in [1.82, 2.24) is 0 Å². The van der Waals surface area contributed by atoms with E-state index in [2.05, 4.69) is 170 Å². The molecule has 226 valence electrons. The molecular weight excluding hydrogens is 593 g/mol. The predicted octanol–water partition coefficient (Wildman–Crippen LogP) is 13.8. The van der Waals surface area contributed by atoms with Gasteiger partial charge in [-0.2, -0.15) is 0 Å². The van der Waals surface area contributed by atoms with Crippen LogP contribution in [0.5, 0.6) is 0 Å². The zero-order valence-corrected chi connectivity index (χ0v) is 26.6. The van der Waals surface area contributed by atoms with Crippen molar-refractivity contribution < 1.29 is 4.42 Å². The van der Waals surface area contributed by atoms with E-state index in [9.17, 15) is 0 Å². The maximum Gasteiger partial charge on any atom is 0.143 e. The molecule has 0 saturated carbocycles. The Hall–Kier alpha value is -6.44. The van der Waals surface area contributed by atoms with Gasteiger partial charge < -0.3 is 4.42 Å². The largest absolute Gasteiger partial charge is 0.455 e. The van der Waals surface area contributed by atoms with Crippen molar-refractivity contribution in [3.8, 4) is 33.4 Å². The van der Waals surface area contributed by atoms with E-state index in [4.69, 9.17) is 4.42 Å². The Labute approximate surface area is 282 Å². The normalized spacial score (nSPS) is 12.1. The zero-order valence-electron chi connectivity index (χ0n) is 26.6. The molecule has 0 saturated heterocycles. The van der Waals surface area contributed by atoms with Gasteiger partial charge in [-0.3, -0.25) is 0 Å². The fourth-order valence-corrected chi connectivity index (χ4v) is 8.25. The fourth-order valence-electron chi connectivity index (χ4n) is 8.25. The lowest BCUT2D eigenvalue weighted by atomic mass is 9.89. The molecule has 0 spiro atoms. The summed E-state index contributed by atoms with van der Waals surface area (Å²) in [6, 6.07) is 62.0. The van der Waals surface area contributed by atoms with Crippen molar-refractivity contribution in [2.45, 2.75) is 0 Å². The van der Waals surface area contributed by atoms with Crippen molar-refractivity contribution >= 4 is 75.8 Å². The highest BCUT2D eigenvalue weighted by Gasteiger charge is 2.19. The molecule has 1 nitrogen and oxygen atoms in total. The van der Waals surface area contributed by atoms with Crippen LogP contribution in [0.25, 0.3) is 109 Å². The topological polar surface area (TPSA) is 13.1 Å². The third kappa shape index (κ3) is 3.87. The van der Waals surface area contributed by atoms with Crippen LogP contribution in [0.4, 0.5) is 0 Å². The van der Waals surface area contributed by atoms with Crippen LogP contribution in [0.2, 0.25) is 0 Å². The van der Waals surface area contributed by atoms with Gasteiger partial charge in [-0.05, 0) is 94.5 Å². The van der Waals surface area contributed by atoms with Gasteiger partial charge in [0.25, 0.3) is 0 Å². The molecule has 0 N–H and O–H groups in total. The van der Waals surface area contributed by atoms with E-state index < -0.39 is 0 Å². The minimum absolute atomic E-state index is 0.926. The second-order valence-electron chi connectivity index (χ2n) is 13.2. The fraction of sp³-hybridized carbons (Fsp3) is 0. The molecule has 0 radical (unpaired) electrons. The molecule has 0 bridgehead atoms. The summed E-state index contributed by atoms with van der Waals surface area (Å²) in [5, 5.41) is 14.9.